The molecule has 0 aromatic carbocycles. The molecule has 0 spiro atoms. The van der Waals surface area contributed by atoms with Gasteiger partial charge in [0.2, 0.25) is 0 Å². The summed E-state index contributed by atoms with van der Waals surface area (Å²) in [5.74, 6) is -0.111. The summed E-state index contributed by atoms with van der Waals surface area (Å²) in [5, 5.41) is 9.73. The van der Waals surface area contributed by atoms with Gasteiger partial charge in [-0.1, -0.05) is 6.92 Å². The molecule has 4 heteroatoms. The van der Waals surface area contributed by atoms with Gasteiger partial charge in [-0.2, -0.15) is 0 Å². The number of aliphatic hydroxyl groups is 1. The number of fused-ring (bicyclic) bond motifs is 2. The third-order valence-electron chi connectivity index (χ3n) is 4.00. The molecule has 3 atom stereocenters. The lowest BCUT2D eigenvalue weighted by Gasteiger charge is -2.39. The summed E-state index contributed by atoms with van der Waals surface area (Å²) in [6.45, 7) is 4.44. The van der Waals surface area contributed by atoms with Crippen molar-refractivity contribution in [2.24, 2.45) is 0 Å². The van der Waals surface area contributed by atoms with Gasteiger partial charge in [0.25, 0.3) is 0 Å². The molecule has 2 aliphatic rings. The zero-order valence-corrected chi connectivity index (χ0v) is 10.8. The predicted molar refractivity (Wildman–Crippen MR) is 64.6 cm³/mol. The molecule has 0 aromatic heterocycles. The van der Waals surface area contributed by atoms with E-state index in [4.69, 9.17) is 4.74 Å². The first-order valence-corrected chi connectivity index (χ1v) is 6.75. The van der Waals surface area contributed by atoms with Gasteiger partial charge in [0.05, 0.1) is 12.7 Å². The molecule has 2 rings (SSSR count). The summed E-state index contributed by atoms with van der Waals surface area (Å²) >= 11 is 0. The molecule has 2 heterocycles. The Bertz CT molecular complexity index is 268. The van der Waals surface area contributed by atoms with E-state index < -0.39 is 0 Å². The van der Waals surface area contributed by atoms with Crippen LogP contribution in [0.2, 0.25) is 0 Å². The van der Waals surface area contributed by atoms with Crippen molar-refractivity contribution in [2.75, 3.05) is 6.61 Å². The third kappa shape index (κ3) is 2.63. The zero-order valence-electron chi connectivity index (χ0n) is 10.8. The monoisotopic (exact) mass is 241 g/mol. The van der Waals surface area contributed by atoms with Crippen molar-refractivity contribution in [2.45, 2.75) is 70.2 Å². The van der Waals surface area contributed by atoms with Crippen molar-refractivity contribution in [1.82, 2.24) is 4.90 Å². The molecular formula is C13H23NO3. The van der Waals surface area contributed by atoms with Gasteiger partial charge in [-0.25, -0.2) is 0 Å². The largest absolute Gasteiger partial charge is 0.465 e. The molecule has 17 heavy (non-hydrogen) atoms. The van der Waals surface area contributed by atoms with Gasteiger partial charge in [-0.15, -0.1) is 0 Å². The normalized spacial score (nSPS) is 34.6. The molecule has 4 nitrogen and oxygen atoms in total. The van der Waals surface area contributed by atoms with E-state index in [1.54, 1.807) is 0 Å². The molecule has 0 saturated carbocycles. The SMILES string of the molecule is CCCOC(=O)C(C)N1C2CCC1CC(O)C2. The van der Waals surface area contributed by atoms with Crippen molar-refractivity contribution < 1.29 is 14.6 Å². The van der Waals surface area contributed by atoms with Crippen LogP contribution < -0.4 is 0 Å². The van der Waals surface area contributed by atoms with Crippen LogP contribution in [0.3, 0.4) is 0 Å². The van der Waals surface area contributed by atoms with Gasteiger partial charge >= 0.3 is 5.97 Å². The zero-order chi connectivity index (χ0) is 12.4. The van der Waals surface area contributed by atoms with Crippen LogP contribution in [0.15, 0.2) is 0 Å². The van der Waals surface area contributed by atoms with Crippen molar-refractivity contribution in [3.8, 4) is 0 Å². The average Bonchev–Trinajstić information content (AvgIpc) is 2.57. The number of aliphatic hydroxyl groups excluding tert-OH is 1. The number of nitrogens with zero attached hydrogens (tertiary/aromatic N) is 1. The highest BCUT2D eigenvalue weighted by Crippen LogP contribution is 2.37. The molecule has 1 N–H and O–H groups in total. The van der Waals surface area contributed by atoms with Crippen LogP contribution in [0.1, 0.15) is 46.0 Å². The number of piperidine rings is 1. The van der Waals surface area contributed by atoms with Gasteiger partial charge < -0.3 is 9.84 Å². The minimum absolute atomic E-state index is 0.111. The van der Waals surface area contributed by atoms with Crippen LogP contribution >= 0.6 is 0 Å². The molecule has 3 unspecified atom stereocenters. The van der Waals surface area contributed by atoms with Gasteiger partial charge in [0, 0.05) is 12.1 Å². The van der Waals surface area contributed by atoms with E-state index in [9.17, 15) is 9.90 Å². The van der Waals surface area contributed by atoms with Gasteiger partial charge in [0.1, 0.15) is 6.04 Å². The van der Waals surface area contributed by atoms with Crippen molar-refractivity contribution in [3.63, 3.8) is 0 Å². The Hall–Kier alpha value is -0.610. The Morgan fingerprint density at radius 2 is 2.00 bits per heavy atom. The lowest BCUT2D eigenvalue weighted by atomic mass is 9.98. The fourth-order valence-electron chi connectivity index (χ4n) is 3.26. The summed E-state index contributed by atoms with van der Waals surface area (Å²) in [6.07, 6.45) is 4.51. The van der Waals surface area contributed by atoms with Gasteiger partial charge in [-0.05, 0) is 39.0 Å². The van der Waals surface area contributed by atoms with Crippen LogP contribution in [-0.4, -0.2) is 46.8 Å². The van der Waals surface area contributed by atoms with E-state index in [-0.39, 0.29) is 18.1 Å². The molecule has 98 valence electrons. The van der Waals surface area contributed by atoms with Gasteiger partial charge in [0.15, 0.2) is 0 Å². The maximum atomic E-state index is 11.9. The Balaban J connectivity index is 1.96. The van der Waals surface area contributed by atoms with E-state index >= 15 is 0 Å². The molecule has 2 fully saturated rings. The molecule has 2 aliphatic heterocycles. The molecule has 0 aliphatic carbocycles. The molecule has 2 saturated heterocycles. The molecule has 2 bridgehead atoms. The Morgan fingerprint density at radius 1 is 1.41 bits per heavy atom. The highest BCUT2D eigenvalue weighted by Gasteiger charge is 2.44. The Kier molecular flexibility index (Phi) is 4.05. The first kappa shape index (κ1) is 12.8. The number of carbonyl (C=O) groups is 1. The minimum atomic E-state index is -0.178. The Labute approximate surface area is 103 Å². The van der Waals surface area contributed by atoms with E-state index in [1.165, 1.54) is 0 Å². The first-order valence-electron chi connectivity index (χ1n) is 6.75. The summed E-state index contributed by atoms with van der Waals surface area (Å²) in [5.41, 5.74) is 0. The summed E-state index contributed by atoms with van der Waals surface area (Å²) in [6, 6.07) is 0.576. The number of hydrogen-bond acceptors (Lipinski definition) is 4. The average molecular weight is 241 g/mol. The number of ether oxygens (including phenoxy) is 1. The summed E-state index contributed by atoms with van der Waals surface area (Å²) < 4.78 is 5.21. The third-order valence-corrected chi connectivity index (χ3v) is 4.00. The number of rotatable bonds is 4. The highest BCUT2D eigenvalue weighted by molar-refractivity contribution is 5.75. The standard InChI is InChI=1S/C13H23NO3/c1-3-6-17-13(16)9(2)14-10-4-5-11(14)8-12(15)7-10/h9-12,15H,3-8H2,1-2H3. The van der Waals surface area contributed by atoms with Crippen LogP contribution in [0.25, 0.3) is 0 Å². The fourth-order valence-corrected chi connectivity index (χ4v) is 3.26. The molecule has 0 amide bonds. The number of hydrogen-bond donors (Lipinski definition) is 1. The van der Waals surface area contributed by atoms with Crippen molar-refractivity contribution in [3.05, 3.63) is 0 Å². The lowest BCUT2D eigenvalue weighted by molar-refractivity contribution is -0.152. The second-order valence-corrected chi connectivity index (χ2v) is 5.30. The van der Waals surface area contributed by atoms with E-state index in [1.807, 2.05) is 13.8 Å². The smallest absolute Gasteiger partial charge is 0.323 e. The number of carbonyl (C=O) groups excluding carboxylic acids is 1. The van der Waals surface area contributed by atoms with Crippen LogP contribution in [0.4, 0.5) is 0 Å². The Morgan fingerprint density at radius 3 is 2.53 bits per heavy atom. The number of esters is 1. The molecular weight excluding hydrogens is 218 g/mol. The maximum absolute atomic E-state index is 11.9. The predicted octanol–water partition coefficient (Wildman–Crippen LogP) is 1.32. The maximum Gasteiger partial charge on any atom is 0.323 e. The van der Waals surface area contributed by atoms with Crippen molar-refractivity contribution >= 4 is 5.97 Å². The molecule has 0 aromatic rings. The highest BCUT2D eigenvalue weighted by atomic mass is 16.5. The summed E-state index contributed by atoms with van der Waals surface area (Å²) in [4.78, 5) is 14.1. The lowest BCUT2D eigenvalue weighted by Crippen LogP contribution is -2.52. The summed E-state index contributed by atoms with van der Waals surface area (Å²) in [7, 11) is 0. The minimum Gasteiger partial charge on any atom is -0.465 e. The van der Waals surface area contributed by atoms with E-state index in [0.29, 0.717) is 18.7 Å². The van der Waals surface area contributed by atoms with Crippen LogP contribution in [0, 0.1) is 0 Å². The van der Waals surface area contributed by atoms with Gasteiger partial charge in [-0.3, -0.25) is 9.69 Å². The fraction of sp³-hybridized carbons (Fsp3) is 0.923. The molecule has 0 radical (unpaired) electrons. The topological polar surface area (TPSA) is 49.8 Å². The van der Waals surface area contributed by atoms with Crippen LogP contribution in [-0.2, 0) is 9.53 Å². The first-order chi connectivity index (χ1) is 8.13. The second-order valence-electron chi connectivity index (χ2n) is 5.30. The van der Waals surface area contributed by atoms with E-state index in [0.717, 1.165) is 32.1 Å². The van der Waals surface area contributed by atoms with E-state index in [2.05, 4.69) is 4.90 Å². The van der Waals surface area contributed by atoms with Crippen molar-refractivity contribution in [1.29, 1.82) is 0 Å². The quantitative estimate of drug-likeness (QED) is 0.754. The van der Waals surface area contributed by atoms with Crippen LogP contribution in [0.5, 0.6) is 0 Å². The second kappa shape index (κ2) is 5.36.